The van der Waals surface area contributed by atoms with Gasteiger partial charge in [0.15, 0.2) is 0 Å². The smallest absolute Gasteiger partial charge is 0.282 e. The summed E-state index contributed by atoms with van der Waals surface area (Å²) in [7, 11) is 0. The van der Waals surface area contributed by atoms with E-state index in [-0.39, 0.29) is 23.2 Å². The van der Waals surface area contributed by atoms with Crippen LogP contribution in [-0.4, -0.2) is 41.4 Å². The van der Waals surface area contributed by atoms with Gasteiger partial charge in [-0.3, -0.25) is 14.9 Å². The lowest BCUT2D eigenvalue weighted by atomic mass is 10.0. The fraction of sp³-hybridized carbons (Fsp3) is 0.462. The lowest BCUT2D eigenvalue weighted by molar-refractivity contribution is -0.385. The van der Waals surface area contributed by atoms with Gasteiger partial charge in [0, 0.05) is 31.7 Å². The number of nitrogens with zero attached hydrogens (tertiary/aromatic N) is 2. The molecule has 0 aromatic heterocycles. The number of piperazine rings is 1. The standard InChI is InChI=1S/C13H17N3O3/c1-9-4-3-5-11(16(18)19)12(9)13(17)15-7-6-14-10(2)8-15/h3-5,10,14H,6-8H2,1-2H3. The molecule has 1 aromatic rings. The van der Waals surface area contributed by atoms with E-state index in [9.17, 15) is 14.9 Å². The fourth-order valence-corrected chi connectivity index (χ4v) is 2.36. The molecular formula is C13H17N3O3. The molecule has 1 fully saturated rings. The van der Waals surface area contributed by atoms with E-state index in [1.807, 2.05) is 6.92 Å². The average molecular weight is 263 g/mol. The summed E-state index contributed by atoms with van der Waals surface area (Å²) in [6.45, 7) is 5.59. The zero-order chi connectivity index (χ0) is 14.0. The Labute approximate surface area is 111 Å². The quantitative estimate of drug-likeness (QED) is 0.645. The van der Waals surface area contributed by atoms with Crippen molar-refractivity contribution in [1.82, 2.24) is 10.2 Å². The molecule has 0 saturated carbocycles. The van der Waals surface area contributed by atoms with Gasteiger partial charge in [-0.25, -0.2) is 0 Å². The van der Waals surface area contributed by atoms with Gasteiger partial charge in [-0.1, -0.05) is 12.1 Å². The number of nitrogens with one attached hydrogen (secondary N) is 1. The molecule has 1 heterocycles. The minimum Gasteiger partial charge on any atom is -0.336 e. The van der Waals surface area contributed by atoms with E-state index in [0.717, 1.165) is 0 Å². The van der Waals surface area contributed by atoms with Gasteiger partial charge >= 0.3 is 0 Å². The number of rotatable bonds is 2. The largest absolute Gasteiger partial charge is 0.336 e. The molecule has 6 heteroatoms. The molecule has 1 aliphatic rings. The van der Waals surface area contributed by atoms with E-state index < -0.39 is 4.92 Å². The molecule has 1 aliphatic heterocycles. The van der Waals surface area contributed by atoms with Crippen LogP contribution in [0.3, 0.4) is 0 Å². The number of aryl methyl sites for hydroxylation is 1. The Balaban J connectivity index is 2.35. The van der Waals surface area contributed by atoms with Gasteiger partial charge in [-0.15, -0.1) is 0 Å². The molecule has 0 bridgehead atoms. The minimum atomic E-state index is -0.494. The van der Waals surface area contributed by atoms with Gasteiger partial charge in [0.1, 0.15) is 5.56 Å². The number of hydrogen-bond donors (Lipinski definition) is 1. The van der Waals surface area contributed by atoms with Crippen molar-refractivity contribution in [2.75, 3.05) is 19.6 Å². The first-order valence-electron chi connectivity index (χ1n) is 6.27. The van der Waals surface area contributed by atoms with E-state index in [1.165, 1.54) is 6.07 Å². The highest BCUT2D eigenvalue weighted by Crippen LogP contribution is 2.23. The van der Waals surface area contributed by atoms with E-state index in [4.69, 9.17) is 0 Å². The second-order valence-corrected chi connectivity index (χ2v) is 4.83. The van der Waals surface area contributed by atoms with Crippen LogP contribution < -0.4 is 5.32 Å². The Hall–Kier alpha value is -1.95. The molecule has 2 rings (SSSR count). The highest BCUT2D eigenvalue weighted by molar-refractivity contribution is 5.99. The van der Waals surface area contributed by atoms with Gasteiger partial charge in [0.05, 0.1) is 4.92 Å². The number of carbonyl (C=O) groups is 1. The van der Waals surface area contributed by atoms with Crippen molar-refractivity contribution >= 4 is 11.6 Å². The Morgan fingerprint density at radius 1 is 1.53 bits per heavy atom. The molecule has 0 aliphatic carbocycles. The van der Waals surface area contributed by atoms with Crippen molar-refractivity contribution in [3.05, 3.63) is 39.4 Å². The summed E-state index contributed by atoms with van der Waals surface area (Å²) in [4.78, 5) is 24.7. The highest BCUT2D eigenvalue weighted by atomic mass is 16.6. The van der Waals surface area contributed by atoms with Gasteiger partial charge in [0.25, 0.3) is 11.6 Å². The number of nitro benzene ring substituents is 1. The van der Waals surface area contributed by atoms with E-state index in [2.05, 4.69) is 5.32 Å². The summed E-state index contributed by atoms with van der Waals surface area (Å²) >= 11 is 0. The summed E-state index contributed by atoms with van der Waals surface area (Å²) in [5.41, 5.74) is 0.739. The SMILES string of the molecule is Cc1cccc([N+](=O)[O-])c1C(=O)N1CCNC(C)C1. The number of carbonyl (C=O) groups excluding carboxylic acids is 1. The van der Waals surface area contributed by atoms with Crippen molar-refractivity contribution in [3.8, 4) is 0 Å². The monoisotopic (exact) mass is 263 g/mol. The highest BCUT2D eigenvalue weighted by Gasteiger charge is 2.28. The average Bonchev–Trinajstić information content (AvgIpc) is 2.37. The van der Waals surface area contributed by atoms with Crippen molar-refractivity contribution in [3.63, 3.8) is 0 Å². The predicted molar refractivity (Wildman–Crippen MR) is 71.2 cm³/mol. The van der Waals surface area contributed by atoms with Crippen molar-refractivity contribution in [1.29, 1.82) is 0 Å². The number of nitro groups is 1. The van der Waals surface area contributed by atoms with Crippen LogP contribution >= 0.6 is 0 Å². The van der Waals surface area contributed by atoms with Crippen LogP contribution in [0.25, 0.3) is 0 Å². The summed E-state index contributed by atoms with van der Waals surface area (Å²) in [6.07, 6.45) is 0. The van der Waals surface area contributed by atoms with Crippen molar-refractivity contribution in [2.24, 2.45) is 0 Å². The van der Waals surface area contributed by atoms with Crippen LogP contribution in [0.15, 0.2) is 18.2 Å². The van der Waals surface area contributed by atoms with Crippen LogP contribution in [-0.2, 0) is 0 Å². The van der Waals surface area contributed by atoms with Crippen LogP contribution in [0.1, 0.15) is 22.8 Å². The maximum Gasteiger partial charge on any atom is 0.282 e. The first-order chi connectivity index (χ1) is 9.00. The molecular weight excluding hydrogens is 246 g/mol. The Kier molecular flexibility index (Phi) is 3.80. The van der Waals surface area contributed by atoms with E-state index in [0.29, 0.717) is 25.2 Å². The summed E-state index contributed by atoms with van der Waals surface area (Å²) in [5, 5.41) is 14.3. The molecule has 19 heavy (non-hydrogen) atoms. The molecule has 1 saturated heterocycles. The van der Waals surface area contributed by atoms with Gasteiger partial charge in [-0.2, -0.15) is 0 Å². The summed E-state index contributed by atoms with van der Waals surface area (Å²) in [5.74, 6) is -0.252. The van der Waals surface area contributed by atoms with Crippen LogP contribution in [0.5, 0.6) is 0 Å². The third-order valence-electron chi connectivity index (χ3n) is 3.32. The number of benzene rings is 1. The van der Waals surface area contributed by atoms with E-state index >= 15 is 0 Å². The Bertz CT molecular complexity index is 516. The molecule has 1 atom stereocenters. The van der Waals surface area contributed by atoms with Gasteiger partial charge in [0.2, 0.25) is 0 Å². The zero-order valence-electron chi connectivity index (χ0n) is 11.0. The van der Waals surface area contributed by atoms with Crippen molar-refractivity contribution in [2.45, 2.75) is 19.9 Å². The fourth-order valence-electron chi connectivity index (χ4n) is 2.36. The number of amides is 1. The first-order valence-corrected chi connectivity index (χ1v) is 6.27. The lowest BCUT2D eigenvalue weighted by Gasteiger charge is -2.32. The lowest BCUT2D eigenvalue weighted by Crippen LogP contribution is -2.51. The molecule has 1 amide bonds. The molecule has 0 spiro atoms. The first kappa shape index (κ1) is 13.5. The normalized spacial score (nSPS) is 19.3. The maximum absolute atomic E-state index is 12.5. The predicted octanol–water partition coefficient (Wildman–Crippen LogP) is 1.34. The van der Waals surface area contributed by atoms with Crippen LogP contribution in [0, 0.1) is 17.0 Å². The summed E-state index contributed by atoms with van der Waals surface area (Å²) < 4.78 is 0. The van der Waals surface area contributed by atoms with Gasteiger partial charge < -0.3 is 10.2 Å². The molecule has 1 N–H and O–H groups in total. The maximum atomic E-state index is 12.5. The number of hydrogen-bond acceptors (Lipinski definition) is 4. The van der Waals surface area contributed by atoms with E-state index in [1.54, 1.807) is 24.0 Å². The third kappa shape index (κ3) is 2.73. The molecule has 6 nitrogen and oxygen atoms in total. The van der Waals surface area contributed by atoms with Crippen molar-refractivity contribution < 1.29 is 9.72 Å². The topological polar surface area (TPSA) is 75.5 Å². The molecule has 102 valence electrons. The Morgan fingerprint density at radius 3 is 2.89 bits per heavy atom. The summed E-state index contributed by atoms with van der Waals surface area (Å²) in [6, 6.07) is 4.92. The van der Waals surface area contributed by atoms with Gasteiger partial charge in [-0.05, 0) is 19.4 Å². The third-order valence-corrected chi connectivity index (χ3v) is 3.32. The molecule has 1 aromatic carbocycles. The zero-order valence-corrected chi connectivity index (χ0v) is 11.0. The second kappa shape index (κ2) is 5.36. The van der Waals surface area contributed by atoms with Crippen LogP contribution in [0.2, 0.25) is 0 Å². The Morgan fingerprint density at radius 2 is 2.26 bits per heavy atom. The minimum absolute atomic E-state index is 0.115. The second-order valence-electron chi connectivity index (χ2n) is 4.83. The van der Waals surface area contributed by atoms with Crippen LogP contribution in [0.4, 0.5) is 5.69 Å². The molecule has 1 unspecified atom stereocenters. The molecule has 0 radical (unpaired) electrons.